The third-order valence-corrected chi connectivity index (χ3v) is 3.61. The quantitative estimate of drug-likeness (QED) is 0.834. The van der Waals surface area contributed by atoms with E-state index >= 15 is 0 Å². The van der Waals surface area contributed by atoms with Crippen LogP contribution in [0.25, 0.3) is 0 Å². The van der Waals surface area contributed by atoms with E-state index in [1.54, 1.807) is 18.4 Å². The Morgan fingerprint density at radius 1 is 1.53 bits per heavy atom. The van der Waals surface area contributed by atoms with Crippen LogP contribution >= 0.6 is 27.3 Å². The maximum Gasteiger partial charge on any atom is 0.0701 e. The van der Waals surface area contributed by atoms with Gasteiger partial charge in [-0.3, -0.25) is 4.90 Å². The van der Waals surface area contributed by atoms with Gasteiger partial charge in [-0.1, -0.05) is 0 Å². The van der Waals surface area contributed by atoms with Gasteiger partial charge in [0.2, 0.25) is 0 Å². The van der Waals surface area contributed by atoms with Crippen molar-refractivity contribution in [3.63, 3.8) is 0 Å². The van der Waals surface area contributed by atoms with E-state index in [0.717, 1.165) is 16.9 Å². The van der Waals surface area contributed by atoms with Crippen molar-refractivity contribution < 1.29 is 9.84 Å². The van der Waals surface area contributed by atoms with E-state index in [1.807, 2.05) is 0 Å². The first-order chi connectivity index (χ1) is 7.26. The number of thiophene rings is 1. The lowest BCUT2D eigenvalue weighted by molar-refractivity contribution is 0.127. The zero-order chi connectivity index (χ0) is 11.1. The number of halogens is 1. The Kier molecular flexibility index (Phi) is 6.43. The summed E-state index contributed by atoms with van der Waals surface area (Å²) in [5.41, 5.74) is 1.27. The van der Waals surface area contributed by atoms with Crippen molar-refractivity contribution in [1.29, 1.82) is 0 Å². The summed E-state index contributed by atoms with van der Waals surface area (Å²) in [6.07, 6.45) is 0. The van der Waals surface area contributed by atoms with Crippen molar-refractivity contribution in [2.75, 3.05) is 33.4 Å². The van der Waals surface area contributed by atoms with Gasteiger partial charge < -0.3 is 9.84 Å². The summed E-state index contributed by atoms with van der Waals surface area (Å²) in [5.74, 6) is 0. The van der Waals surface area contributed by atoms with Gasteiger partial charge in [0, 0.05) is 26.7 Å². The van der Waals surface area contributed by atoms with Crippen LogP contribution in [0.2, 0.25) is 0 Å². The standard InChI is InChI=1S/C10H16BrNO2S/c1-14-5-3-12(2-4-13)7-9-6-10(11)15-8-9/h6,8,13H,2-5,7H2,1H3. The van der Waals surface area contributed by atoms with E-state index in [-0.39, 0.29) is 6.61 Å². The normalized spacial score (nSPS) is 11.2. The Hall–Kier alpha value is 0.0600. The summed E-state index contributed by atoms with van der Waals surface area (Å²) in [7, 11) is 1.69. The zero-order valence-corrected chi connectivity index (χ0v) is 11.2. The highest BCUT2D eigenvalue weighted by atomic mass is 79.9. The maximum atomic E-state index is 8.93. The van der Waals surface area contributed by atoms with E-state index in [0.29, 0.717) is 13.2 Å². The molecule has 0 aliphatic carbocycles. The van der Waals surface area contributed by atoms with Crippen LogP contribution in [0.4, 0.5) is 0 Å². The minimum Gasteiger partial charge on any atom is -0.395 e. The van der Waals surface area contributed by atoms with Gasteiger partial charge in [0.25, 0.3) is 0 Å². The maximum absolute atomic E-state index is 8.93. The molecule has 0 aliphatic rings. The van der Waals surface area contributed by atoms with Gasteiger partial charge in [-0.05, 0) is 32.9 Å². The van der Waals surface area contributed by atoms with Gasteiger partial charge in [0.05, 0.1) is 17.0 Å². The van der Waals surface area contributed by atoms with Crippen molar-refractivity contribution in [2.24, 2.45) is 0 Å². The summed E-state index contributed by atoms with van der Waals surface area (Å²) in [6.45, 7) is 3.30. The van der Waals surface area contributed by atoms with Gasteiger partial charge in [0.15, 0.2) is 0 Å². The van der Waals surface area contributed by atoms with Crippen molar-refractivity contribution >= 4 is 27.3 Å². The molecule has 0 atom stereocenters. The topological polar surface area (TPSA) is 32.7 Å². The molecule has 1 N–H and O–H groups in total. The van der Waals surface area contributed by atoms with Crippen LogP contribution in [0, 0.1) is 0 Å². The largest absolute Gasteiger partial charge is 0.395 e. The van der Waals surface area contributed by atoms with E-state index in [4.69, 9.17) is 9.84 Å². The molecule has 15 heavy (non-hydrogen) atoms. The summed E-state index contributed by atoms with van der Waals surface area (Å²) >= 11 is 5.12. The summed E-state index contributed by atoms with van der Waals surface area (Å²) < 4.78 is 6.18. The van der Waals surface area contributed by atoms with Crippen LogP contribution in [0.5, 0.6) is 0 Å². The third kappa shape index (κ3) is 5.08. The Bertz CT molecular complexity index is 280. The number of hydrogen-bond acceptors (Lipinski definition) is 4. The predicted octanol–water partition coefficient (Wildman–Crippen LogP) is 1.95. The lowest BCUT2D eigenvalue weighted by Crippen LogP contribution is -2.29. The third-order valence-electron chi connectivity index (χ3n) is 2.06. The number of aliphatic hydroxyl groups is 1. The highest BCUT2D eigenvalue weighted by Gasteiger charge is 2.06. The zero-order valence-electron chi connectivity index (χ0n) is 8.78. The van der Waals surface area contributed by atoms with Crippen LogP contribution in [0.3, 0.4) is 0 Å². The molecular formula is C10H16BrNO2S. The Morgan fingerprint density at radius 2 is 2.33 bits per heavy atom. The van der Waals surface area contributed by atoms with Gasteiger partial charge in [0.1, 0.15) is 0 Å². The van der Waals surface area contributed by atoms with Crippen LogP contribution in [-0.2, 0) is 11.3 Å². The van der Waals surface area contributed by atoms with E-state index in [1.165, 1.54) is 5.56 Å². The molecule has 86 valence electrons. The molecule has 1 rings (SSSR count). The number of methoxy groups -OCH3 is 1. The van der Waals surface area contributed by atoms with Crippen LogP contribution in [0.1, 0.15) is 5.56 Å². The number of hydrogen-bond donors (Lipinski definition) is 1. The molecule has 0 fully saturated rings. The smallest absolute Gasteiger partial charge is 0.0701 e. The summed E-state index contributed by atoms with van der Waals surface area (Å²) in [5, 5.41) is 11.1. The van der Waals surface area contributed by atoms with E-state index in [9.17, 15) is 0 Å². The fourth-order valence-corrected chi connectivity index (χ4v) is 2.52. The molecular weight excluding hydrogens is 278 g/mol. The van der Waals surface area contributed by atoms with E-state index < -0.39 is 0 Å². The van der Waals surface area contributed by atoms with Crippen LogP contribution in [-0.4, -0.2) is 43.4 Å². The average Bonchev–Trinajstić information content (AvgIpc) is 2.61. The number of rotatable bonds is 7. The fraction of sp³-hybridized carbons (Fsp3) is 0.600. The molecule has 0 saturated carbocycles. The van der Waals surface area contributed by atoms with Gasteiger partial charge in [-0.15, -0.1) is 11.3 Å². The predicted molar refractivity (Wildman–Crippen MR) is 66.3 cm³/mol. The molecule has 3 nitrogen and oxygen atoms in total. The monoisotopic (exact) mass is 293 g/mol. The highest BCUT2D eigenvalue weighted by molar-refractivity contribution is 9.11. The molecule has 0 radical (unpaired) electrons. The first-order valence-electron chi connectivity index (χ1n) is 4.81. The molecule has 0 amide bonds. The molecule has 0 unspecified atom stereocenters. The molecule has 0 spiro atoms. The number of aliphatic hydroxyl groups excluding tert-OH is 1. The minimum absolute atomic E-state index is 0.190. The first-order valence-corrected chi connectivity index (χ1v) is 6.48. The second kappa shape index (κ2) is 7.35. The van der Waals surface area contributed by atoms with Crippen molar-refractivity contribution in [3.05, 3.63) is 20.8 Å². The molecule has 5 heteroatoms. The molecule has 0 bridgehead atoms. The number of nitrogens with zero attached hydrogens (tertiary/aromatic N) is 1. The van der Waals surface area contributed by atoms with Crippen LogP contribution in [0.15, 0.2) is 15.2 Å². The number of ether oxygens (including phenoxy) is 1. The molecule has 0 aromatic carbocycles. The van der Waals surface area contributed by atoms with Gasteiger partial charge in [-0.25, -0.2) is 0 Å². The molecule has 1 heterocycles. The Labute approximate surface area is 103 Å². The Morgan fingerprint density at radius 3 is 2.87 bits per heavy atom. The van der Waals surface area contributed by atoms with Crippen molar-refractivity contribution in [2.45, 2.75) is 6.54 Å². The van der Waals surface area contributed by atoms with Gasteiger partial charge >= 0.3 is 0 Å². The molecule has 1 aromatic rings. The van der Waals surface area contributed by atoms with Crippen LogP contribution < -0.4 is 0 Å². The molecule has 0 saturated heterocycles. The van der Waals surface area contributed by atoms with E-state index in [2.05, 4.69) is 32.3 Å². The molecule has 0 aliphatic heterocycles. The molecule has 1 aromatic heterocycles. The highest BCUT2D eigenvalue weighted by Crippen LogP contribution is 2.21. The first kappa shape index (κ1) is 13.1. The van der Waals surface area contributed by atoms with Crippen molar-refractivity contribution in [3.8, 4) is 0 Å². The fourth-order valence-electron chi connectivity index (χ4n) is 1.32. The summed E-state index contributed by atoms with van der Waals surface area (Å²) in [6, 6.07) is 2.11. The lowest BCUT2D eigenvalue weighted by Gasteiger charge is -2.19. The lowest BCUT2D eigenvalue weighted by atomic mass is 10.3. The van der Waals surface area contributed by atoms with Crippen molar-refractivity contribution in [1.82, 2.24) is 4.90 Å². The SMILES string of the molecule is COCCN(CCO)Cc1csc(Br)c1. The Balaban J connectivity index is 2.42. The second-order valence-corrected chi connectivity index (χ2v) is 5.54. The van der Waals surface area contributed by atoms with Gasteiger partial charge in [-0.2, -0.15) is 0 Å². The summed E-state index contributed by atoms with van der Waals surface area (Å²) in [4.78, 5) is 2.18. The average molecular weight is 294 g/mol. The minimum atomic E-state index is 0.190. The second-order valence-electron chi connectivity index (χ2n) is 3.25.